The maximum atomic E-state index is 12.4. The second-order valence-corrected chi connectivity index (χ2v) is 8.21. The lowest BCUT2D eigenvalue weighted by molar-refractivity contribution is -0.152. The van der Waals surface area contributed by atoms with Gasteiger partial charge in [0.05, 0.1) is 11.4 Å². The number of para-hydroxylation sites is 1. The highest BCUT2D eigenvalue weighted by molar-refractivity contribution is 8.00. The Bertz CT molecular complexity index is 975. The summed E-state index contributed by atoms with van der Waals surface area (Å²) in [5, 5.41) is 2.80. The van der Waals surface area contributed by atoms with Gasteiger partial charge in [0.25, 0.3) is 5.91 Å². The number of esters is 1. The van der Waals surface area contributed by atoms with E-state index in [1.807, 2.05) is 36.4 Å². The average Bonchev–Trinajstić information content (AvgIpc) is 3.18. The summed E-state index contributed by atoms with van der Waals surface area (Å²) in [4.78, 5) is 39.4. The van der Waals surface area contributed by atoms with Crippen LogP contribution in [0.4, 0.5) is 11.4 Å². The fourth-order valence-corrected chi connectivity index (χ4v) is 4.57. The van der Waals surface area contributed by atoms with Crippen LogP contribution in [0.2, 0.25) is 0 Å². The molecule has 0 bridgehead atoms. The van der Waals surface area contributed by atoms with E-state index in [2.05, 4.69) is 5.32 Å². The number of benzene rings is 2. The molecule has 2 amide bonds. The fraction of sp³-hybridized carbons (Fsp3) is 0.318. The van der Waals surface area contributed by atoms with E-state index in [1.165, 1.54) is 34.7 Å². The van der Waals surface area contributed by atoms with E-state index >= 15 is 0 Å². The van der Waals surface area contributed by atoms with Crippen molar-refractivity contribution in [3.63, 3.8) is 0 Å². The van der Waals surface area contributed by atoms with Crippen molar-refractivity contribution in [1.29, 1.82) is 0 Å². The number of nitrogens with one attached hydrogen (secondary N) is 1. The molecule has 1 aliphatic carbocycles. The van der Waals surface area contributed by atoms with Crippen LogP contribution in [0.1, 0.15) is 24.5 Å². The molecule has 0 saturated heterocycles. The summed E-state index contributed by atoms with van der Waals surface area (Å²) in [5.74, 6) is -0.881. The third-order valence-electron chi connectivity index (χ3n) is 5.14. The third kappa shape index (κ3) is 4.29. The van der Waals surface area contributed by atoms with Crippen molar-refractivity contribution in [3.05, 3.63) is 53.6 Å². The number of nitrogens with zero attached hydrogens (tertiary/aromatic N) is 1. The molecule has 29 heavy (non-hydrogen) atoms. The molecule has 7 heteroatoms. The lowest BCUT2D eigenvalue weighted by atomic mass is 10.1. The number of carbonyl (C=O) groups is 3. The number of anilines is 2. The van der Waals surface area contributed by atoms with Gasteiger partial charge in [-0.2, -0.15) is 0 Å². The largest absolute Gasteiger partial charge is 0.451 e. The van der Waals surface area contributed by atoms with Crippen molar-refractivity contribution < 1.29 is 19.1 Å². The zero-order chi connectivity index (χ0) is 20.4. The predicted molar refractivity (Wildman–Crippen MR) is 112 cm³/mol. The summed E-state index contributed by atoms with van der Waals surface area (Å²) in [6.45, 7) is 1.31. The first-order valence-electron chi connectivity index (χ1n) is 9.65. The highest BCUT2D eigenvalue weighted by Crippen LogP contribution is 2.34. The Morgan fingerprint density at radius 1 is 1.17 bits per heavy atom. The summed E-state index contributed by atoms with van der Waals surface area (Å²) >= 11 is 1.45. The SMILES string of the molecule is C[C@@H](OC(=O)CN1C(=O)CSc2ccccc21)C(=O)Nc1ccc2c(c1)CCC2. The van der Waals surface area contributed by atoms with Gasteiger partial charge in [-0.05, 0) is 61.6 Å². The molecule has 4 rings (SSSR count). The molecule has 0 spiro atoms. The number of ether oxygens (including phenoxy) is 1. The number of hydrogen-bond donors (Lipinski definition) is 1. The maximum absolute atomic E-state index is 12.4. The number of carbonyl (C=O) groups excluding carboxylic acids is 3. The molecule has 1 atom stereocenters. The Labute approximate surface area is 173 Å². The Kier molecular flexibility index (Phi) is 5.58. The van der Waals surface area contributed by atoms with E-state index in [1.54, 1.807) is 6.07 Å². The first-order valence-corrected chi connectivity index (χ1v) is 10.6. The molecule has 0 radical (unpaired) electrons. The number of fused-ring (bicyclic) bond motifs is 2. The van der Waals surface area contributed by atoms with Gasteiger partial charge in [0.2, 0.25) is 5.91 Å². The number of aryl methyl sites for hydroxylation is 2. The van der Waals surface area contributed by atoms with Crippen molar-refractivity contribution in [2.24, 2.45) is 0 Å². The molecular formula is C22H22N2O4S. The molecule has 2 aromatic carbocycles. The molecule has 1 aliphatic heterocycles. The van der Waals surface area contributed by atoms with Gasteiger partial charge >= 0.3 is 5.97 Å². The monoisotopic (exact) mass is 410 g/mol. The van der Waals surface area contributed by atoms with Crippen LogP contribution in [0, 0.1) is 0 Å². The summed E-state index contributed by atoms with van der Waals surface area (Å²) in [6.07, 6.45) is 2.28. The van der Waals surface area contributed by atoms with Crippen LogP contribution < -0.4 is 10.2 Å². The van der Waals surface area contributed by atoms with Crippen LogP contribution in [0.25, 0.3) is 0 Å². The molecule has 2 aromatic rings. The van der Waals surface area contributed by atoms with Crippen LogP contribution in [-0.4, -0.2) is 36.2 Å². The zero-order valence-electron chi connectivity index (χ0n) is 16.1. The van der Waals surface area contributed by atoms with Gasteiger partial charge in [0.1, 0.15) is 6.54 Å². The molecule has 1 heterocycles. The summed E-state index contributed by atoms with van der Waals surface area (Å²) in [7, 11) is 0. The van der Waals surface area contributed by atoms with Crippen molar-refractivity contribution in [3.8, 4) is 0 Å². The summed E-state index contributed by atoms with van der Waals surface area (Å²) in [6, 6.07) is 13.3. The normalized spacial score (nSPS) is 16.0. The number of thioether (sulfide) groups is 1. The average molecular weight is 410 g/mol. The van der Waals surface area contributed by atoms with Crippen molar-refractivity contribution in [2.45, 2.75) is 37.2 Å². The van der Waals surface area contributed by atoms with Crippen LogP contribution >= 0.6 is 11.8 Å². The molecule has 0 unspecified atom stereocenters. The van der Waals surface area contributed by atoms with Gasteiger partial charge in [-0.15, -0.1) is 11.8 Å². The topological polar surface area (TPSA) is 75.7 Å². The predicted octanol–water partition coefficient (Wildman–Crippen LogP) is 3.18. The maximum Gasteiger partial charge on any atom is 0.326 e. The minimum Gasteiger partial charge on any atom is -0.451 e. The van der Waals surface area contributed by atoms with E-state index in [9.17, 15) is 14.4 Å². The number of rotatable bonds is 5. The van der Waals surface area contributed by atoms with E-state index in [0.717, 1.165) is 24.2 Å². The summed E-state index contributed by atoms with van der Waals surface area (Å²) in [5.41, 5.74) is 3.98. The van der Waals surface area contributed by atoms with E-state index in [4.69, 9.17) is 4.74 Å². The Hall–Kier alpha value is -2.80. The summed E-state index contributed by atoms with van der Waals surface area (Å²) < 4.78 is 5.29. The fourth-order valence-electron chi connectivity index (χ4n) is 3.64. The molecule has 0 saturated carbocycles. The highest BCUT2D eigenvalue weighted by atomic mass is 32.2. The third-order valence-corrected chi connectivity index (χ3v) is 6.19. The van der Waals surface area contributed by atoms with Crippen LogP contribution in [-0.2, 0) is 32.0 Å². The smallest absolute Gasteiger partial charge is 0.326 e. The van der Waals surface area contributed by atoms with Gasteiger partial charge in [-0.25, -0.2) is 0 Å². The van der Waals surface area contributed by atoms with Gasteiger partial charge in [0, 0.05) is 10.6 Å². The number of amides is 2. The standard InChI is InChI=1S/C22H22N2O4S/c1-14(22(27)23-17-10-9-15-5-4-6-16(15)11-17)28-21(26)12-24-18-7-2-3-8-19(18)29-13-20(24)25/h2-3,7-11,14H,4-6,12-13H2,1H3,(H,23,27)/t14-/m1/s1. The molecule has 0 fully saturated rings. The van der Waals surface area contributed by atoms with Crippen molar-refractivity contribution in [2.75, 3.05) is 22.5 Å². The second kappa shape index (κ2) is 8.29. The minimum absolute atomic E-state index is 0.152. The lowest BCUT2D eigenvalue weighted by Crippen LogP contribution is -2.41. The van der Waals surface area contributed by atoms with E-state index < -0.39 is 18.0 Å². The van der Waals surface area contributed by atoms with Gasteiger partial charge in [0.15, 0.2) is 6.10 Å². The molecule has 1 N–H and O–H groups in total. The first-order chi connectivity index (χ1) is 14.0. The van der Waals surface area contributed by atoms with Crippen molar-refractivity contribution >= 4 is 40.9 Å². The van der Waals surface area contributed by atoms with Crippen LogP contribution in [0.5, 0.6) is 0 Å². The minimum atomic E-state index is -0.958. The van der Waals surface area contributed by atoms with E-state index in [-0.39, 0.29) is 18.2 Å². The highest BCUT2D eigenvalue weighted by Gasteiger charge is 2.28. The van der Waals surface area contributed by atoms with E-state index in [0.29, 0.717) is 11.4 Å². The molecule has 6 nitrogen and oxygen atoms in total. The molecule has 0 aromatic heterocycles. The van der Waals surface area contributed by atoms with Crippen LogP contribution in [0.15, 0.2) is 47.4 Å². The molecule has 150 valence electrons. The lowest BCUT2D eigenvalue weighted by Gasteiger charge is -2.28. The number of hydrogen-bond acceptors (Lipinski definition) is 5. The first kappa shape index (κ1) is 19.5. The second-order valence-electron chi connectivity index (χ2n) is 7.19. The van der Waals surface area contributed by atoms with Crippen LogP contribution in [0.3, 0.4) is 0 Å². The molecule has 2 aliphatic rings. The Morgan fingerprint density at radius 3 is 2.83 bits per heavy atom. The Balaban J connectivity index is 1.36. The molecular weight excluding hydrogens is 388 g/mol. The zero-order valence-corrected chi connectivity index (χ0v) is 17.0. The van der Waals surface area contributed by atoms with Gasteiger partial charge in [-0.3, -0.25) is 19.3 Å². The van der Waals surface area contributed by atoms with Crippen molar-refractivity contribution in [1.82, 2.24) is 0 Å². The quantitative estimate of drug-likeness (QED) is 0.767. The Morgan fingerprint density at radius 2 is 1.97 bits per heavy atom. The van der Waals surface area contributed by atoms with Gasteiger partial charge < -0.3 is 10.1 Å². The van der Waals surface area contributed by atoms with Gasteiger partial charge in [-0.1, -0.05) is 18.2 Å².